The third kappa shape index (κ3) is 4.27. The van der Waals surface area contributed by atoms with E-state index in [1.807, 2.05) is 0 Å². The van der Waals surface area contributed by atoms with Crippen molar-refractivity contribution in [2.24, 2.45) is 5.92 Å². The van der Waals surface area contributed by atoms with Gasteiger partial charge in [0.2, 0.25) is 0 Å². The van der Waals surface area contributed by atoms with Gasteiger partial charge in [0, 0.05) is 19.2 Å². The van der Waals surface area contributed by atoms with E-state index in [1.165, 1.54) is 0 Å². The Kier molecular flexibility index (Phi) is 5.29. The van der Waals surface area contributed by atoms with Crippen molar-refractivity contribution < 1.29 is 4.79 Å². The molecule has 0 heterocycles. The van der Waals surface area contributed by atoms with E-state index < -0.39 is 0 Å². The summed E-state index contributed by atoms with van der Waals surface area (Å²) >= 11 is 6.07. The Morgan fingerprint density at radius 3 is 2.71 bits per heavy atom. The number of anilines is 1. The largest absolute Gasteiger partial charge is 0.384 e. The van der Waals surface area contributed by atoms with E-state index in [9.17, 15) is 4.79 Å². The molecule has 0 aliphatic rings. The Hall–Kier alpha value is -1.22. The number of carbonyl (C=O) groups is 1. The van der Waals surface area contributed by atoms with Crippen LogP contribution in [0, 0.1) is 5.92 Å². The second-order valence-electron chi connectivity index (χ2n) is 4.38. The third-order valence-electron chi connectivity index (χ3n) is 2.49. The van der Waals surface area contributed by atoms with Gasteiger partial charge in [-0.25, -0.2) is 0 Å². The molecule has 4 heteroatoms. The lowest BCUT2D eigenvalue weighted by Crippen LogP contribution is -2.18. The summed E-state index contributed by atoms with van der Waals surface area (Å²) in [6.45, 7) is 5.20. The number of nitrogens with one attached hydrogen (secondary N) is 2. The number of carbonyl (C=O) groups excluding carboxylic acids is 1. The maximum Gasteiger partial charge on any atom is 0.251 e. The molecule has 17 heavy (non-hydrogen) atoms. The van der Waals surface area contributed by atoms with Crippen LogP contribution < -0.4 is 10.6 Å². The zero-order valence-corrected chi connectivity index (χ0v) is 11.3. The number of hydrogen-bond acceptors (Lipinski definition) is 2. The minimum atomic E-state index is -0.103. The van der Waals surface area contributed by atoms with Gasteiger partial charge in [0.05, 0.1) is 10.7 Å². The van der Waals surface area contributed by atoms with Crippen LogP contribution in [-0.2, 0) is 0 Å². The molecule has 0 aromatic heterocycles. The molecule has 0 atom stereocenters. The first kappa shape index (κ1) is 13.8. The molecule has 0 fully saturated rings. The molecule has 0 aliphatic carbocycles. The van der Waals surface area contributed by atoms with Crippen LogP contribution in [0.2, 0.25) is 5.02 Å². The van der Waals surface area contributed by atoms with Crippen molar-refractivity contribution >= 4 is 23.2 Å². The zero-order valence-electron chi connectivity index (χ0n) is 10.5. The van der Waals surface area contributed by atoms with E-state index in [1.54, 1.807) is 25.2 Å². The summed E-state index contributed by atoms with van der Waals surface area (Å²) in [5.41, 5.74) is 1.43. The number of halogens is 1. The molecule has 0 bridgehead atoms. The van der Waals surface area contributed by atoms with Gasteiger partial charge in [-0.15, -0.1) is 0 Å². The van der Waals surface area contributed by atoms with Crippen LogP contribution in [0.4, 0.5) is 5.69 Å². The van der Waals surface area contributed by atoms with E-state index >= 15 is 0 Å². The highest BCUT2D eigenvalue weighted by Crippen LogP contribution is 2.23. The van der Waals surface area contributed by atoms with Gasteiger partial charge in [-0.2, -0.15) is 0 Å². The van der Waals surface area contributed by atoms with Crippen LogP contribution in [0.25, 0.3) is 0 Å². The number of hydrogen-bond donors (Lipinski definition) is 2. The smallest absolute Gasteiger partial charge is 0.251 e. The van der Waals surface area contributed by atoms with Crippen molar-refractivity contribution in [1.29, 1.82) is 0 Å². The van der Waals surface area contributed by atoms with E-state index in [2.05, 4.69) is 24.5 Å². The van der Waals surface area contributed by atoms with Crippen molar-refractivity contribution in [2.45, 2.75) is 20.3 Å². The van der Waals surface area contributed by atoms with E-state index in [4.69, 9.17) is 11.6 Å². The molecule has 94 valence electrons. The zero-order chi connectivity index (χ0) is 12.8. The van der Waals surface area contributed by atoms with Crippen LogP contribution in [0.3, 0.4) is 0 Å². The lowest BCUT2D eigenvalue weighted by Gasteiger charge is -2.11. The summed E-state index contributed by atoms with van der Waals surface area (Å²) in [6.07, 6.45) is 1.07. The maximum atomic E-state index is 11.5. The predicted molar refractivity (Wildman–Crippen MR) is 72.8 cm³/mol. The first-order valence-electron chi connectivity index (χ1n) is 5.80. The van der Waals surface area contributed by atoms with Gasteiger partial charge in [-0.05, 0) is 30.5 Å². The Morgan fingerprint density at radius 1 is 1.41 bits per heavy atom. The van der Waals surface area contributed by atoms with Gasteiger partial charge in [0.15, 0.2) is 0 Å². The molecule has 0 spiro atoms. The van der Waals surface area contributed by atoms with Gasteiger partial charge in [0.25, 0.3) is 5.91 Å². The van der Waals surface area contributed by atoms with Crippen molar-refractivity contribution in [3.63, 3.8) is 0 Å². The molecule has 1 aromatic carbocycles. The van der Waals surface area contributed by atoms with E-state index in [-0.39, 0.29) is 5.91 Å². The minimum Gasteiger partial charge on any atom is -0.384 e. The van der Waals surface area contributed by atoms with Gasteiger partial charge in [-0.3, -0.25) is 4.79 Å². The Morgan fingerprint density at radius 2 is 2.12 bits per heavy atom. The minimum absolute atomic E-state index is 0.103. The number of amides is 1. The lowest BCUT2D eigenvalue weighted by molar-refractivity contribution is 0.0963. The van der Waals surface area contributed by atoms with Crippen molar-refractivity contribution in [2.75, 3.05) is 18.9 Å². The fourth-order valence-corrected chi connectivity index (χ4v) is 1.63. The summed E-state index contributed by atoms with van der Waals surface area (Å²) < 4.78 is 0. The first-order valence-corrected chi connectivity index (χ1v) is 6.18. The average Bonchev–Trinajstić information content (AvgIpc) is 2.30. The SMILES string of the molecule is CNC(=O)c1ccc(Cl)c(NCCC(C)C)c1. The Balaban J connectivity index is 2.73. The first-order chi connectivity index (χ1) is 8.04. The van der Waals surface area contributed by atoms with E-state index in [0.29, 0.717) is 16.5 Å². The van der Waals surface area contributed by atoms with Crippen LogP contribution in [-0.4, -0.2) is 19.5 Å². The standard InChI is InChI=1S/C13H19ClN2O/c1-9(2)6-7-16-12-8-10(13(17)15-3)4-5-11(12)14/h4-5,8-9,16H,6-7H2,1-3H3,(H,15,17). The van der Waals surface area contributed by atoms with Crippen molar-refractivity contribution in [1.82, 2.24) is 5.32 Å². The van der Waals surface area contributed by atoms with Gasteiger partial charge >= 0.3 is 0 Å². The van der Waals surface area contributed by atoms with Crippen LogP contribution >= 0.6 is 11.6 Å². The van der Waals surface area contributed by atoms with Crippen LogP contribution in [0.1, 0.15) is 30.6 Å². The second-order valence-corrected chi connectivity index (χ2v) is 4.79. The van der Waals surface area contributed by atoms with Gasteiger partial charge in [-0.1, -0.05) is 25.4 Å². The summed E-state index contributed by atoms with van der Waals surface area (Å²) in [7, 11) is 1.61. The molecule has 1 amide bonds. The molecule has 1 aromatic rings. The molecule has 0 saturated heterocycles. The summed E-state index contributed by atoms with van der Waals surface area (Å²) in [5.74, 6) is 0.539. The Bertz CT molecular complexity index is 391. The number of rotatable bonds is 5. The predicted octanol–water partition coefficient (Wildman–Crippen LogP) is 3.16. The number of benzene rings is 1. The fraction of sp³-hybridized carbons (Fsp3) is 0.462. The average molecular weight is 255 g/mol. The molecule has 0 saturated carbocycles. The Labute approximate surface area is 108 Å². The maximum absolute atomic E-state index is 11.5. The molecule has 0 aliphatic heterocycles. The van der Waals surface area contributed by atoms with Gasteiger partial charge in [0.1, 0.15) is 0 Å². The molecular weight excluding hydrogens is 236 g/mol. The van der Waals surface area contributed by atoms with Gasteiger partial charge < -0.3 is 10.6 Å². The van der Waals surface area contributed by atoms with Crippen LogP contribution in [0.15, 0.2) is 18.2 Å². The molecule has 1 rings (SSSR count). The lowest BCUT2D eigenvalue weighted by atomic mass is 10.1. The second kappa shape index (κ2) is 6.50. The highest BCUT2D eigenvalue weighted by atomic mass is 35.5. The topological polar surface area (TPSA) is 41.1 Å². The highest BCUT2D eigenvalue weighted by molar-refractivity contribution is 6.33. The molecule has 3 nitrogen and oxygen atoms in total. The molecule has 2 N–H and O–H groups in total. The van der Waals surface area contributed by atoms with E-state index in [0.717, 1.165) is 18.7 Å². The fourth-order valence-electron chi connectivity index (χ4n) is 1.44. The van der Waals surface area contributed by atoms with Crippen molar-refractivity contribution in [3.05, 3.63) is 28.8 Å². The summed E-state index contributed by atoms with van der Waals surface area (Å²) in [4.78, 5) is 11.5. The van der Waals surface area contributed by atoms with Crippen LogP contribution in [0.5, 0.6) is 0 Å². The molecule has 0 radical (unpaired) electrons. The normalized spacial score (nSPS) is 10.4. The quantitative estimate of drug-likeness (QED) is 0.848. The summed E-state index contributed by atoms with van der Waals surface area (Å²) in [5, 5.41) is 6.48. The molecular formula is C13H19ClN2O. The highest BCUT2D eigenvalue weighted by Gasteiger charge is 2.07. The monoisotopic (exact) mass is 254 g/mol. The summed E-state index contributed by atoms with van der Waals surface area (Å²) in [6, 6.07) is 5.24. The molecule has 0 unspecified atom stereocenters. The third-order valence-corrected chi connectivity index (χ3v) is 2.82. The van der Waals surface area contributed by atoms with Crippen molar-refractivity contribution in [3.8, 4) is 0 Å².